The molecule has 5 rings (SSSR count). The molecule has 3 aromatic carbocycles. The van der Waals surface area contributed by atoms with Crippen LogP contribution in [-0.2, 0) is 11.3 Å². The molecule has 35 heavy (non-hydrogen) atoms. The molecule has 0 spiro atoms. The van der Waals surface area contributed by atoms with Gasteiger partial charge in [-0.2, -0.15) is 0 Å². The van der Waals surface area contributed by atoms with Crippen LogP contribution in [0.25, 0.3) is 11.0 Å². The van der Waals surface area contributed by atoms with Gasteiger partial charge < -0.3 is 19.3 Å². The van der Waals surface area contributed by atoms with Gasteiger partial charge in [-0.25, -0.2) is 4.98 Å². The third-order valence-electron chi connectivity index (χ3n) is 6.83. The van der Waals surface area contributed by atoms with Gasteiger partial charge in [0.1, 0.15) is 24.3 Å². The number of anilines is 1. The minimum atomic E-state index is -0.724. The molecule has 0 bridgehead atoms. The number of rotatable bonds is 7. The van der Waals surface area contributed by atoms with Crippen LogP contribution in [0.15, 0.2) is 66.7 Å². The van der Waals surface area contributed by atoms with Crippen molar-refractivity contribution in [1.29, 1.82) is 0 Å². The Hall–Kier alpha value is -3.64. The molecule has 1 aromatic heterocycles. The van der Waals surface area contributed by atoms with E-state index in [1.807, 2.05) is 85.5 Å². The molecular formula is C29H31N3O3. The summed E-state index contributed by atoms with van der Waals surface area (Å²) in [6.45, 7) is 7.23. The van der Waals surface area contributed by atoms with Crippen LogP contribution in [0.3, 0.4) is 0 Å². The largest absolute Gasteiger partial charge is 0.491 e. The number of benzene rings is 3. The van der Waals surface area contributed by atoms with Crippen LogP contribution in [-0.4, -0.2) is 39.8 Å². The number of aliphatic hydroxyl groups excluding tert-OH is 1. The maximum Gasteiger partial charge on any atom is 0.227 e. The molecule has 0 unspecified atom stereocenters. The molecule has 6 heteroatoms. The molecule has 1 aliphatic heterocycles. The van der Waals surface area contributed by atoms with Crippen LogP contribution in [0.2, 0.25) is 0 Å². The Kier molecular flexibility index (Phi) is 6.31. The van der Waals surface area contributed by atoms with Gasteiger partial charge in [-0.3, -0.25) is 4.79 Å². The molecule has 0 aliphatic carbocycles. The lowest BCUT2D eigenvalue weighted by Gasteiger charge is -2.19. The summed E-state index contributed by atoms with van der Waals surface area (Å²) < 4.78 is 7.94. The van der Waals surface area contributed by atoms with Crippen molar-refractivity contribution in [3.05, 3.63) is 89.2 Å². The number of fused-ring (bicyclic) bond motifs is 1. The third-order valence-corrected chi connectivity index (χ3v) is 6.83. The van der Waals surface area contributed by atoms with E-state index in [2.05, 4.69) is 11.5 Å². The van der Waals surface area contributed by atoms with Crippen LogP contribution in [0.4, 0.5) is 5.69 Å². The van der Waals surface area contributed by atoms with Crippen LogP contribution in [0.1, 0.15) is 34.9 Å². The number of aliphatic hydroxyl groups is 1. The molecule has 0 radical (unpaired) electrons. The first-order valence-corrected chi connectivity index (χ1v) is 12.1. The second-order valence-corrected chi connectivity index (χ2v) is 9.52. The van der Waals surface area contributed by atoms with Crippen molar-refractivity contribution in [2.24, 2.45) is 0 Å². The Morgan fingerprint density at radius 1 is 1.03 bits per heavy atom. The number of imidazole rings is 1. The topological polar surface area (TPSA) is 67.6 Å². The minimum absolute atomic E-state index is 0.0518. The Bertz CT molecular complexity index is 1360. The fourth-order valence-electron chi connectivity index (χ4n) is 4.71. The van der Waals surface area contributed by atoms with Crippen molar-refractivity contribution in [2.75, 3.05) is 18.1 Å². The van der Waals surface area contributed by atoms with Crippen LogP contribution in [0.5, 0.6) is 5.75 Å². The second kappa shape index (κ2) is 9.55. The number of para-hydroxylation sites is 2. The molecule has 1 aliphatic rings. The third kappa shape index (κ3) is 4.80. The lowest BCUT2D eigenvalue weighted by molar-refractivity contribution is -0.117. The first-order valence-electron chi connectivity index (χ1n) is 12.1. The van der Waals surface area contributed by atoms with Gasteiger partial charge in [-0.15, -0.1) is 0 Å². The molecular weight excluding hydrogens is 438 g/mol. The number of aryl methyl sites for hydroxylation is 3. The summed E-state index contributed by atoms with van der Waals surface area (Å²) in [5.41, 5.74) is 6.26. The zero-order valence-corrected chi connectivity index (χ0v) is 20.4. The molecule has 1 saturated heterocycles. The summed E-state index contributed by atoms with van der Waals surface area (Å²) in [7, 11) is 0. The van der Waals surface area contributed by atoms with E-state index in [4.69, 9.17) is 9.72 Å². The fraction of sp³-hybridized carbons (Fsp3) is 0.310. The van der Waals surface area contributed by atoms with Crippen molar-refractivity contribution in [3.8, 4) is 5.75 Å². The van der Waals surface area contributed by atoms with E-state index < -0.39 is 6.10 Å². The lowest BCUT2D eigenvalue weighted by atomic mass is 10.1. The fourth-order valence-corrected chi connectivity index (χ4v) is 4.71. The Balaban J connectivity index is 1.37. The van der Waals surface area contributed by atoms with E-state index in [0.717, 1.165) is 39.4 Å². The van der Waals surface area contributed by atoms with Crippen LogP contribution in [0, 0.1) is 20.8 Å². The highest BCUT2D eigenvalue weighted by atomic mass is 16.5. The first-order chi connectivity index (χ1) is 16.9. The van der Waals surface area contributed by atoms with E-state index in [1.54, 1.807) is 0 Å². The number of carbonyl (C=O) groups is 1. The SMILES string of the molecule is Cc1ccc(N2C[C@@H](c3nc4ccccc4n3C[C@H](O)COc3ccc(C)c(C)c3)CC2=O)cc1. The Morgan fingerprint density at radius 2 is 1.80 bits per heavy atom. The van der Waals surface area contributed by atoms with Gasteiger partial charge in [0, 0.05) is 24.6 Å². The molecule has 4 aromatic rings. The predicted octanol–water partition coefficient (Wildman–Crippen LogP) is 4.92. The highest BCUT2D eigenvalue weighted by molar-refractivity contribution is 5.96. The molecule has 1 amide bonds. The monoisotopic (exact) mass is 469 g/mol. The van der Waals surface area contributed by atoms with E-state index in [0.29, 0.717) is 19.5 Å². The zero-order chi connectivity index (χ0) is 24.5. The number of carbonyl (C=O) groups excluding carboxylic acids is 1. The maximum absolute atomic E-state index is 12.9. The summed E-state index contributed by atoms with van der Waals surface area (Å²) in [5.74, 6) is 1.62. The van der Waals surface area contributed by atoms with Gasteiger partial charge >= 0.3 is 0 Å². The average Bonchev–Trinajstić information content (AvgIpc) is 3.41. The van der Waals surface area contributed by atoms with Gasteiger partial charge in [0.05, 0.1) is 17.6 Å². The standard InChI is InChI=1S/C29H31N3O3/c1-19-8-11-23(12-9-19)31-16-22(15-28(31)34)29-30-26-6-4-5-7-27(26)32(29)17-24(33)18-35-25-13-10-20(2)21(3)14-25/h4-14,22,24,33H,15-18H2,1-3H3/t22-,24-/m0/s1. The molecule has 2 heterocycles. The predicted molar refractivity (Wildman–Crippen MR) is 138 cm³/mol. The summed E-state index contributed by atoms with van der Waals surface area (Å²) >= 11 is 0. The lowest BCUT2D eigenvalue weighted by Crippen LogP contribution is -2.26. The van der Waals surface area contributed by atoms with Crippen molar-refractivity contribution in [1.82, 2.24) is 9.55 Å². The normalized spacial score (nSPS) is 16.7. The molecule has 1 N–H and O–H groups in total. The summed E-state index contributed by atoms with van der Waals surface area (Å²) in [6, 6.07) is 21.9. The van der Waals surface area contributed by atoms with Gasteiger partial charge in [-0.05, 0) is 68.3 Å². The average molecular weight is 470 g/mol. The smallest absolute Gasteiger partial charge is 0.227 e. The first kappa shape index (κ1) is 23.1. The summed E-state index contributed by atoms with van der Waals surface area (Å²) in [4.78, 5) is 19.7. The zero-order valence-electron chi connectivity index (χ0n) is 20.4. The molecule has 0 saturated carbocycles. The summed E-state index contributed by atoms with van der Waals surface area (Å²) in [5, 5.41) is 10.9. The maximum atomic E-state index is 12.9. The highest BCUT2D eigenvalue weighted by Crippen LogP contribution is 2.33. The second-order valence-electron chi connectivity index (χ2n) is 9.52. The van der Waals surface area contributed by atoms with Crippen molar-refractivity contribution >= 4 is 22.6 Å². The van der Waals surface area contributed by atoms with Crippen molar-refractivity contribution in [2.45, 2.75) is 45.8 Å². The number of amides is 1. The quantitative estimate of drug-likeness (QED) is 0.417. The number of aromatic nitrogens is 2. The number of hydrogen-bond acceptors (Lipinski definition) is 4. The van der Waals surface area contributed by atoms with Gasteiger partial charge in [0.15, 0.2) is 0 Å². The van der Waals surface area contributed by atoms with Crippen LogP contribution >= 0.6 is 0 Å². The Labute approximate surface area is 205 Å². The van der Waals surface area contributed by atoms with E-state index in [1.165, 1.54) is 5.56 Å². The number of nitrogens with zero attached hydrogens (tertiary/aromatic N) is 3. The van der Waals surface area contributed by atoms with Crippen molar-refractivity contribution in [3.63, 3.8) is 0 Å². The van der Waals surface area contributed by atoms with Gasteiger partial charge in [0.25, 0.3) is 0 Å². The number of ether oxygens (including phenoxy) is 1. The minimum Gasteiger partial charge on any atom is -0.491 e. The van der Waals surface area contributed by atoms with E-state index in [-0.39, 0.29) is 18.4 Å². The van der Waals surface area contributed by atoms with Crippen molar-refractivity contribution < 1.29 is 14.6 Å². The van der Waals surface area contributed by atoms with Gasteiger partial charge in [-0.1, -0.05) is 35.9 Å². The molecule has 1 fully saturated rings. The molecule has 2 atom stereocenters. The molecule has 6 nitrogen and oxygen atoms in total. The van der Waals surface area contributed by atoms with E-state index >= 15 is 0 Å². The van der Waals surface area contributed by atoms with E-state index in [9.17, 15) is 9.90 Å². The number of hydrogen-bond donors (Lipinski definition) is 1. The van der Waals surface area contributed by atoms with Crippen LogP contribution < -0.4 is 9.64 Å². The highest BCUT2D eigenvalue weighted by Gasteiger charge is 2.35. The van der Waals surface area contributed by atoms with Gasteiger partial charge in [0.2, 0.25) is 5.91 Å². The summed E-state index contributed by atoms with van der Waals surface area (Å²) in [6.07, 6.45) is -0.329. The Morgan fingerprint density at radius 3 is 2.57 bits per heavy atom. The molecule has 180 valence electrons.